The number of aryl methyl sites for hydroxylation is 3. The van der Waals surface area contributed by atoms with E-state index in [2.05, 4.69) is 15.5 Å². The number of hydrogen-bond acceptors (Lipinski definition) is 5. The first kappa shape index (κ1) is 15.0. The van der Waals surface area contributed by atoms with E-state index in [1.807, 2.05) is 30.3 Å². The standard InChI is InChI=1S/C17H17N3O3/c1-11-17(12(2)23-20-11)19-15(21)8-9-16-18-10-14(22-16)13-6-4-3-5-7-13/h3-7,10H,8-9H2,1-2H3,(H,19,21). The Bertz CT molecular complexity index is 786. The number of carbonyl (C=O) groups is 1. The van der Waals surface area contributed by atoms with E-state index in [-0.39, 0.29) is 12.3 Å². The van der Waals surface area contributed by atoms with E-state index < -0.39 is 0 Å². The van der Waals surface area contributed by atoms with Gasteiger partial charge in [-0.05, 0) is 13.8 Å². The molecule has 6 heteroatoms. The van der Waals surface area contributed by atoms with Crippen LogP contribution >= 0.6 is 0 Å². The predicted octanol–water partition coefficient (Wildman–Crippen LogP) is 3.52. The van der Waals surface area contributed by atoms with Gasteiger partial charge in [-0.1, -0.05) is 35.5 Å². The van der Waals surface area contributed by atoms with Crippen molar-refractivity contribution in [1.29, 1.82) is 0 Å². The SMILES string of the molecule is Cc1noc(C)c1NC(=O)CCc1ncc(-c2ccccc2)o1. The van der Waals surface area contributed by atoms with E-state index in [4.69, 9.17) is 8.94 Å². The molecule has 0 bridgehead atoms. The normalized spacial score (nSPS) is 10.7. The number of aromatic nitrogens is 2. The molecule has 0 fully saturated rings. The Morgan fingerprint density at radius 2 is 2.00 bits per heavy atom. The summed E-state index contributed by atoms with van der Waals surface area (Å²) in [4.78, 5) is 16.2. The fourth-order valence-electron chi connectivity index (χ4n) is 2.25. The van der Waals surface area contributed by atoms with Gasteiger partial charge in [-0.2, -0.15) is 0 Å². The van der Waals surface area contributed by atoms with Crippen molar-refractivity contribution in [2.45, 2.75) is 26.7 Å². The van der Waals surface area contributed by atoms with E-state index in [0.717, 1.165) is 5.56 Å². The van der Waals surface area contributed by atoms with E-state index >= 15 is 0 Å². The molecule has 0 radical (unpaired) electrons. The molecule has 0 atom stereocenters. The fraction of sp³-hybridized carbons (Fsp3) is 0.235. The number of benzene rings is 1. The number of hydrogen-bond donors (Lipinski definition) is 1. The molecule has 3 rings (SSSR count). The summed E-state index contributed by atoms with van der Waals surface area (Å²) in [5, 5.41) is 6.61. The second kappa shape index (κ2) is 6.48. The van der Waals surface area contributed by atoms with Crippen LogP contribution in [0.3, 0.4) is 0 Å². The molecule has 0 aliphatic heterocycles. The number of nitrogens with zero attached hydrogens (tertiary/aromatic N) is 2. The molecule has 6 nitrogen and oxygen atoms in total. The van der Waals surface area contributed by atoms with Crippen molar-refractivity contribution in [2.75, 3.05) is 5.32 Å². The van der Waals surface area contributed by atoms with Gasteiger partial charge in [-0.3, -0.25) is 4.79 Å². The first-order valence-electron chi connectivity index (χ1n) is 7.36. The van der Waals surface area contributed by atoms with Crippen LogP contribution < -0.4 is 5.32 Å². The van der Waals surface area contributed by atoms with Crippen molar-refractivity contribution in [1.82, 2.24) is 10.1 Å². The van der Waals surface area contributed by atoms with E-state index in [0.29, 0.717) is 35.2 Å². The summed E-state index contributed by atoms with van der Waals surface area (Å²) >= 11 is 0. The third kappa shape index (κ3) is 3.48. The Balaban J connectivity index is 1.59. The molecular formula is C17H17N3O3. The monoisotopic (exact) mass is 311 g/mol. The molecule has 0 aliphatic rings. The quantitative estimate of drug-likeness (QED) is 0.779. The highest BCUT2D eigenvalue weighted by atomic mass is 16.5. The highest BCUT2D eigenvalue weighted by Crippen LogP contribution is 2.21. The van der Waals surface area contributed by atoms with Gasteiger partial charge in [0.05, 0.1) is 6.20 Å². The van der Waals surface area contributed by atoms with Crippen LogP contribution in [0.5, 0.6) is 0 Å². The maximum Gasteiger partial charge on any atom is 0.225 e. The summed E-state index contributed by atoms with van der Waals surface area (Å²) in [6, 6.07) is 9.73. The van der Waals surface area contributed by atoms with Gasteiger partial charge in [0.25, 0.3) is 0 Å². The lowest BCUT2D eigenvalue weighted by Gasteiger charge is -2.02. The summed E-state index contributed by atoms with van der Waals surface area (Å²) in [5.41, 5.74) is 2.26. The van der Waals surface area contributed by atoms with Crippen LogP contribution in [-0.2, 0) is 11.2 Å². The van der Waals surface area contributed by atoms with Crippen LogP contribution in [-0.4, -0.2) is 16.0 Å². The number of rotatable bonds is 5. The Morgan fingerprint density at radius 3 is 2.70 bits per heavy atom. The lowest BCUT2D eigenvalue weighted by Crippen LogP contribution is -2.13. The van der Waals surface area contributed by atoms with Crippen molar-refractivity contribution in [3.05, 3.63) is 53.9 Å². The summed E-state index contributed by atoms with van der Waals surface area (Å²) in [6.45, 7) is 3.54. The van der Waals surface area contributed by atoms with Crippen molar-refractivity contribution in [3.8, 4) is 11.3 Å². The number of anilines is 1. The molecule has 0 saturated heterocycles. The third-order valence-electron chi connectivity index (χ3n) is 3.48. The van der Waals surface area contributed by atoms with Crippen molar-refractivity contribution in [3.63, 3.8) is 0 Å². The second-order valence-electron chi connectivity index (χ2n) is 5.23. The van der Waals surface area contributed by atoms with Crippen molar-refractivity contribution < 1.29 is 13.7 Å². The minimum Gasteiger partial charge on any atom is -0.441 e. The first-order chi connectivity index (χ1) is 11.1. The van der Waals surface area contributed by atoms with E-state index in [1.54, 1.807) is 20.0 Å². The molecule has 2 heterocycles. The minimum absolute atomic E-state index is 0.126. The number of carbonyl (C=O) groups excluding carboxylic acids is 1. The lowest BCUT2D eigenvalue weighted by molar-refractivity contribution is -0.116. The maximum absolute atomic E-state index is 12.0. The molecule has 0 saturated carbocycles. The second-order valence-corrected chi connectivity index (χ2v) is 5.23. The molecule has 0 aliphatic carbocycles. The molecule has 3 aromatic rings. The Hall–Kier alpha value is -2.89. The summed E-state index contributed by atoms with van der Waals surface area (Å²) in [6.07, 6.45) is 2.39. The summed E-state index contributed by atoms with van der Waals surface area (Å²) < 4.78 is 10.7. The number of nitrogens with one attached hydrogen (secondary N) is 1. The van der Waals surface area contributed by atoms with Gasteiger partial charge in [0.1, 0.15) is 11.4 Å². The van der Waals surface area contributed by atoms with Crippen LogP contribution in [0.2, 0.25) is 0 Å². The number of amides is 1. The van der Waals surface area contributed by atoms with Crippen LogP contribution in [0.15, 0.2) is 45.5 Å². The zero-order chi connectivity index (χ0) is 16.2. The van der Waals surface area contributed by atoms with Gasteiger partial charge >= 0.3 is 0 Å². The smallest absolute Gasteiger partial charge is 0.225 e. The average molecular weight is 311 g/mol. The third-order valence-corrected chi connectivity index (χ3v) is 3.48. The van der Waals surface area contributed by atoms with Crippen molar-refractivity contribution in [2.24, 2.45) is 0 Å². The highest BCUT2D eigenvalue weighted by Gasteiger charge is 2.13. The zero-order valence-corrected chi connectivity index (χ0v) is 13.0. The van der Waals surface area contributed by atoms with Crippen LogP contribution in [0.25, 0.3) is 11.3 Å². The van der Waals surface area contributed by atoms with Gasteiger partial charge in [-0.15, -0.1) is 0 Å². The number of oxazole rings is 1. The maximum atomic E-state index is 12.0. The molecule has 1 aromatic carbocycles. The van der Waals surface area contributed by atoms with Gasteiger partial charge in [0, 0.05) is 18.4 Å². The Morgan fingerprint density at radius 1 is 1.22 bits per heavy atom. The first-order valence-corrected chi connectivity index (χ1v) is 7.36. The van der Waals surface area contributed by atoms with Gasteiger partial charge in [-0.25, -0.2) is 4.98 Å². The molecule has 1 amide bonds. The summed E-state index contributed by atoms with van der Waals surface area (Å²) in [7, 11) is 0. The van der Waals surface area contributed by atoms with Crippen LogP contribution in [0, 0.1) is 13.8 Å². The molecular weight excluding hydrogens is 294 g/mol. The Kier molecular flexibility index (Phi) is 4.23. The van der Waals surface area contributed by atoms with Crippen molar-refractivity contribution >= 4 is 11.6 Å². The highest BCUT2D eigenvalue weighted by molar-refractivity contribution is 5.91. The summed E-state index contributed by atoms with van der Waals surface area (Å²) in [5.74, 6) is 1.71. The molecule has 1 N–H and O–H groups in total. The van der Waals surface area contributed by atoms with Gasteiger partial charge in [0.2, 0.25) is 5.91 Å². The molecule has 118 valence electrons. The average Bonchev–Trinajstić information content (AvgIpc) is 3.16. The predicted molar refractivity (Wildman–Crippen MR) is 84.9 cm³/mol. The largest absolute Gasteiger partial charge is 0.441 e. The Labute approximate surface area is 133 Å². The molecule has 0 spiro atoms. The van der Waals surface area contributed by atoms with E-state index in [9.17, 15) is 4.79 Å². The van der Waals surface area contributed by atoms with Crippen LogP contribution in [0.4, 0.5) is 5.69 Å². The zero-order valence-electron chi connectivity index (χ0n) is 13.0. The minimum atomic E-state index is -0.126. The lowest BCUT2D eigenvalue weighted by atomic mass is 10.2. The van der Waals surface area contributed by atoms with Gasteiger partial charge in [0.15, 0.2) is 17.4 Å². The molecule has 23 heavy (non-hydrogen) atoms. The molecule has 2 aromatic heterocycles. The van der Waals surface area contributed by atoms with Crippen LogP contribution in [0.1, 0.15) is 23.8 Å². The van der Waals surface area contributed by atoms with E-state index in [1.165, 1.54) is 0 Å². The topological polar surface area (TPSA) is 81.2 Å². The fourth-order valence-corrected chi connectivity index (χ4v) is 2.25. The van der Waals surface area contributed by atoms with Gasteiger partial charge < -0.3 is 14.3 Å². The molecule has 0 unspecified atom stereocenters.